The SMILES string of the molecule is CC(C)C(=O)C(C)NC(=O)C(NC(=O)CCN1C(=O)C=CC1=O)C(C)C.[HH].[HH]. The minimum atomic E-state index is -0.812. The Morgan fingerprint density at radius 1 is 1.00 bits per heavy atom. The summed E-state index contributed by atoms with van der Waals surface area (Å²) in [5, 5.41) is 5.24. The minimum absolute atomic E-state index is 0. The van der Waals surface area contributed by atoms with Gasteiger partial charge in [0.05, 0.1) is 6.04 Å². The van der Waals surface area contributed by atoms with Crippen molar-refractivity contribution in [3.63, 3.8) is 0 Å². The molecule has 0 aliphatic carbocycles. The lowest BCUT2D eigenvalue weighted by Crippen LogP contribution is -2.53. The first-order valence-corrected chi connectivity index (χ1v) is 8.71. The molecular formula is C18H31N3O5. The summed E-state index contributed by atoms with van der Waals surface area (Å²) in [6.07, 6.45) is 2.20. The molecule has 8 heteroatoms. The summed E-state index contributed by atoms with van der Waals surface area (Å²) in [4.78, 5) is 60.4. The van der Waals surface area contributed by atoms with Gasteiger partial charge < -0.3 is 10.6 Å². The van der Waals surface area contributed by atoms with E-state index in [2.05, 4.69) is 10.6 Å². The Labute approximate surface area is 156 Å². The molecule has 1 aliphatic heterocycles. The first-order chi connectivity index (χ1) is 12.0. The van der Waals surface area contributed by atoms with Crippen LogP contribution in [-0.2, 0) is 24.0 Å². The van der Waals surface area contributed by atoms with Gasteiger partial charge in [0.25, 0.3) is 11.8 Å². The van der Waals surface area contributed by atoms with Gasteiger partial charge in [0.2, 0.25) is 11.8 Å². The van der Waals surface area contributed by atoms with Crippen LogP contribution < -0.4 is 10.6 Å². The molecule has 0 radical (unpaired) electrons. The summed E-state index contributed by atoms with van der Waals surface area (Å²) in [6.45, 7) is 8.61. The van der Waals surface area contributed by atoms with Crippen molar-refractivity contribution < 1.29 is 26.8 Å². The van der Waals surface area contributed by atoms with Crippen molar-refractivity contribution >= 4 is 29.4 Å². The van der Waals surface area contributed by atoms with Gasteiger partial charge in [-0.1, -0.05) is 27.7 Å². The van der Waals surface area contributed by atoms with Crippen LogP contribution in [0.3, 0.4) is 0 Å². The number of imide groups is 1. The Morgan fingerprint density at radius 3 is 2.00 bits per heavy atom. The van der Waals surface area contributed by atoms with E-state index in [0.717, 1.165) is 17.1 Å². The highest BCUT2D eigenvalue weighted by molar-refractivity contribution is 6.13. The summed E-state index contributed by atoms with van der Waals surface area (Å²) in [6, 6.07) is -1.46. The predicted octanol–water partition coefficient (Wildman–Crippen LogP) is 0.664. The number of hydrogen-bond acceptors (Lipinski definition) is 5. The average Bonchev–Trinajstić information content (AvgIpc) is 2.87. The molecule has 2 unspecified atom stereocenters. The molecule has 0 aromatic rings. The molecule has 0 bridgehead atoms. The van der Waals surface area contributed by atoms with Crippen LogP contribution in [0, 0.1) is 11.8 Å². The molecule has 0 saturated carbocycles. The zero-order valence-electron chi connectivity index (χ0n) is 15.9. The van der Waals surface area contributed by atoms with Crippen molar-refractivity contribution in [2.45, 2.75) is 53.1 Å². The molecule has 0 aromatic heterocycles. The number of nitrogens with one attached hydrogen (secondary N) is 2. The topological polar surface area (TPSA) is 113 Å². The zero-order chi connectivity index (χ0) is 20.0. The number of carbonyl (C=O) groups is 5. The van der Waals surface area contributed by atoms with Gasteiger partial charge in [-0.3, -0.25) is 28.9 Å². The molecule has 148 valence electrons. The molecule has 0 fully saturated rings. The number of carbonyl (C=O) groups excluding carboxylic acids is 5. The first-order valence-electron chi connectivity index (χ1n) is 8.71. The number of ketones is 1. The highest BCUT2D eigenvalue weighted by Gasteiger charge is 2.28. The zero-order valence-corrected chi connectivity index (χ0v) is 15.9. The third-order valence-corrected chi connectivity index (χ3v) is 4.08. The summed E-state index contributed by atoms with van der Waals surface area (Å²) >= 11 is 0. The Kier molecular flexibility index (Phi) is 7.67. The van der Waals surface area contributed by atoms with Crippen LogP contribution >= 0.6 is 0 Å². The second kappa shape index (κ2) is 9.26. The Morgan fingerprint density at radius 2 is 1.54 bits per heavy atom. The van der Waals surface area contributed by atoms with Crippen LogP contribution in [0.5, 0.6) is 0 Å². The van der Waals surface area contributed by atoms with E-state index in [1.807, 2.05) is 0 Å². The number of Topliss-reactive ketones (excluding diaryl/α,β-unsaturated/α-hetero) is 1. The third kappa shape index (κ3) is 5.79. The van der Waals surface area contributed by atoms with E-state index < -0.39 is 35.7 Å². The van der Waals surface area contributed by atoms with E-state index in [1.54, 1.807) is 34.6 Å². The van der Waals surface area contributed by atoms with Crippen LogP contribution in [0.2, 0.25) is 0 Å². The van der Waals surface area contributed by atoms with E-state index in [0.29, 0.717) is 0 Å². The highest BCUT2D eigenvalue weighted by atomic mass is 16.2. The quantitative estimate of drug-likeness (QED) is 0.580. The summed E-state index contributed by atoms with van der Waals surface area (Å²) in [5.74, 6) is -2.30. The van der Waals surface area contributed by atoms with Crippen molar-refractivity contribution in [3.05, 3.63) is 12.2 Å². The lowest BCUT2D eigenvalue weighted by molar-refractivity contribution is -0.137. The molecule has 0 aromatic carbocycles. The third-order valence-electron chi connectivity index (χ3n) is 4.08. The fourth-order valence-electron chi connectivity index (χ4n) is 2.52. The maximum atomic E-state index is 12.4. The van der Waals surface area contributed by atoms with Gasteiger partial charge in [-0.05, 0) is 12.8 Å². The van der Waals surface area contributed by atoms with E-state index >= 15 is 0 Å². The molecule has 2 N–H and O–H groups in total. The number of hydrogen-bond donors (Lipinski definition) is 2. The second-order valence-corrected chi connectivity index (χ2v) is 6.99. The smallest absolute Gasteiger partial charge is 0.253 e. The fourth-order valence-corrected chi connectivity index (χ4v) is 2.52. The highest BCUT2D eigenvalue weighted by Crippen LogP contribution is 2.07. The predicted molar refractivity (Wildman–Crippen MR) is 98.9 cm³/mol. The van der Waals surface area contributed by atoms with E-state index in [9.17, 15) is 24.0 Å². The Bertz CT molecular complexity index is 617. The maximum Gasteiger partial charge on any atom is 0.253 e. The molecule has 2 atom stereocenters. The lowest BCUT2D eigenvalue weighted by atomic mass is 10.00. The van der Waals surface area contributed by atoms with Crippen molar-refractivity contribution in [3.8, 4) is 0 Å². The summed E-state index contributed by atoms with van der Waals surface area (Å²) < 4.78 is 0. The molecule has 1 rings (SSSR count). The number of rotatable bonds is 9. The van der Waals surface area contributed by atoms with Gasteiger partial charge in [0.1, 0.15) is 6.04 Å². The molecule has 0 saturated heterocycles. The van der Waals surface area contributed by atoms with Crippen molar-refractivity contribution in [2.75, 3.05) is 6.54 Å². The van der Waals surface area contributed by atoms with Crippen LogP contribution in [0.1, 0.15) is 43.9 Å². The van der Waals surface area contributed by atoms with Crippen LogP contribution in [0.15, 0.2) is 12.2 Å². The largest absolute Gasteiger partial charge is 0.345 e. The molecular weight excluding hydrogens is 338 g/mol. The minimum Gasteiger partial charge on any atom is -0.345 e. The molecule has 0 spiro atoms. The molecule has 1 heterocycles. The van der Waals surface area contributed by atoms with Gasteiger partial charge in [0.15, 0.2) is 5.78 Å². The van der Waals surface area contributed by atoms with Gasteiger partial charge in [0, 0.05) is 33.9 Å². The molecule has 1 aliphatic rings. The second-order valence-electron chi connectivity index (χ2n) is 6.99. The van der Waals surface area contributed by atoms with E-state index in [-0.39, 0.29) is 33.4 Å². The van der Waals surface area contributed by atoms with Crippen molar-refractivity contribution in [2.24, 2.45) is 11.8 Å². The van der Waals surface area contributed by atoms with Gasteiger partial charge in [-0.2, -0.15) is 0 Å². The van der Waals surface area contributed by atoms with Crippen molar-refractivity contribution in [1.29, 1.82) is 0 Å². The fraction of sp³-hybridized carbons (Fsp3) is 0.611. The summed E-state index contributed by atoms with van der Waals surface area (Å²) in [7, 11) is 0. The van der Waals surface area contributed by atoms with Crippen LogP contribution in [-0.4, -0.2) is 52.9 Å². The average molecular weight is 369 g/mol. The van der Waals surface area contributed by atoms with E-state index in [1.165, 1.54) is 0 Å². The Hall–Kier alpha value is -2.51. The monoisotopic (exact) mass is 369 g/mol. The van der Waals surface area contributed by atoms with Crippen LogP contribution in [0.4, 0.5) is 0 Å². The van der Waals surface area contributed by atoms with Gasteiger partial charge in [-0.15, -0.1) is 0 Å². The van der Waals surface area contributed by atoms with Gasteiger partial charge >= 0.3 is 0 Å². The molecule has 4 amide bonds. The lowest BCUT2D eigenvalue weighted by Gasteiger charge is -2.24. The first kappa shape index (κ1) is 21.5. The van der Waals surface area contributed by atoms with Crippen molar-refractivity contribution in [1.82, 2.24) is 15.5 Å². The number of amides is 4. The van der Waals surface area contributed by atoms with E-state index in [4.69, 9.17) is 0 Å². The molecule has 26 heavy (non-hydrogen) atoms. The Balaban J connectivity index is 0. The maximum absolute atomic E-state index is 12.4. The number of nitrogens with zero attached hydrogens (tertiary/aromatic N) is 1. The normalized spacial score (nSPS) is 16.2. The van der Waals surface area contributed by atoms with Gasteiger partial charge in [-0.25, -0.2) is 0 Å². The standard InChI is InChI=1S/C18H27N3O5.2H2/c1-10(2)16(18(26)19-12(5)17(25)11(3)4)20-13(22)8-9-21-14(23)6-7-15(21)24;;/h6-7,10-12,16H,8-9H2,1-5H3,(H,19,26)(H,20,22);2*1H. The summed E-state index contributed by atoms with van der Waals surface area (Å²) in [5.41, 5.74) is 0. The van der Waals surface area contributed by atoms with Crippen LogP contribution in [0.25, 0.3) is 0 Å². The molecule has 8 nitrogen and oxygen atoms in total.